The topological polar surface area (TPSA) is 87.1 Å². The molecule has 2 heterocycles. The van der Waals surface area contributed by atoms with Crippen LogP contribution in [0.5, 0.6) is 5.75 Å². The summed E-state index contributed by atoms with van der Waals surface area (Å²) in [6.45, 7) is 0. The lowest BCUT2D eigenvalue weighted by Crippen LogP contribution is -2.43. The maximum atomic E-state index is 12.8. The van der Waals surface area contributed by atoms with Crippen LogP contribution in [0.4, 0.5) is 13.2 Å². The molecule has 0 aliphatic carbocycles. The lowest BCUT2D eigenvalue weighted by Gasteiger charge is -2.36. The molecular weight excluding hydrogens is 415 g/mol. The van der Waals surface area contributed by atoms with Gasteiger partial charge in [-0.3, -0.25) is 0 Å². The number of benzene rings is 1. The SMILES string of the molecule is CN1C2CCC1CC(Oc1ccc(Cl)c(C(F)(F)F)c1)C2.O=C(O)/C=C/C(=O)O. The Morgan fingerprint density at radius 1 is 1.14 bits per heavy atom. The maximum absolute atomic E-state index is 12.8. The highest BCUT2D eigenvalue weighted by Gasteiger charge is 2.39. The molecular formula is C19H21ClF3NO5. The summed E-state index contributed by atoms with van der Waals surface area (Å²) in [5.41, 5.74) is -0.836. The summed E-state index contributed by atoms with van der Waals surface area (Å²) in [5, 5.41) is 15.3. The van der Waals surface area contributed by atoms with Crippen LogP contribution in [0.3, 0.4) is 0 Å². The van der Waals surface area contributed by atoms with Gasteiger partial charge in [-0.05, 0) is 50.9 Å². The molecule has 3 rings (SSSR count). The predicted molar refractivity (Wildman–Crippen MR) is 99.1 cm³/mol. The Morgan fingerprint density at radius 2 is 1.66 bits per heavy atom. The van der Waals surface area contributed by atoms with Gasteiger partial charge < -0.3 is 19.8 Å². The highest BCUT2D eigenvalue weighted by molar-refractivity contribution is 6.31. The minimum absolute atomic E-state index is 0.0130. The molecule has 2 atom stereocenters. The number of nitrogens with zero attached hydrogens (tertiary/aromatic N) is 1. The normalized spacial score (nSPS) is 24.1. The lowest BCUT2D eigenvalue weighted by atomic mass is 10.0. The van der Waals surface area contributed by atoms with Gasteiger partial charge in [0.1, 0.15) is 11.9 Å². The van der Waals surface area contributed by atoms with Crippen LogP contribution in [0, 0.1) is 0 Å². The van der Waals surface area contributed by atoms with Crippen molar-refractivity contribution in [1.82, 2.24) is 4.90 Å². The molecule has 6 nitrogen and oxygen atoms in total. The third-order valence-corrected chi connectivity index (χ3v) is 5.30. The van der Waals surface area contributed by atoms with Gasteiger partial charge in [0.15, 0.2) is 0 Å². The monoisotopic (exact) mass is 435 g/mol. The summed E-state index contributed by atoms with van der Waals surface area (Å²) in [7, 11) is 2.11. The van der Waals surface area contributed by atoms with Gasteiger partial charge in [-0.1, -0.05) is 11.6 Å². The van der Waals surface area contributed by atoms with Crippen molar-refractivity contribution in [2.24, 2.45) is 0 Å². The molecule has 2 aliphatic heterocycles. The Kier molecular flexibility index (Phi) is 7.54. The Morgan fingerprint density at radius 3 is 2.10 bits per heavy atom. The van der Waals surface area contributed by atoms with E-state index in [9.17, 15) is 22.8 Å². The Hall–Kier alpha value is -2.26. The first kappa shape index (κ1) is 23.0. The van der Waals surface area contributed by atoms with Crippen molar-refractivity contribution in [1.29, 1.82) is 0 Å². The number of piperidine rings is 1. The van der Waals surface area contributed by atoms with E-state index in [1.807, 2.05) is 0 Å². The van der Waals surface area contributed by atoms with Crippen LogP contribution >= 0.6 is 11.6 Å². The molecule has 29 heavy (non-hydrogen) atoms. The van der Waals surface area contributed by atoms with E-state index < -0.39 is 23.7 Å². The predicted octanol–water partition coefficient (Wildman–Crippen LogP) is 4.07. The van der Waals surface area contributed by atoms with Crippen molar-refractivity contribution in [2.45, 2.75) is 50.0 Å². The van der Waals surface area contributed by atoms with E-state index in [-0.39, 0.29) is 16.9 Å². The second-order valence-electron chi connectivity index (χ2n) is 6.91. The number of halogens is 4. The minimum atomic E-state index is -4.46. The van der Waals surface area contributed by atoms with E-state index >= 15 is 0 Å². The highest BCUT2D eigenvalue weighted by Crippen LogP contribution is 2.39. The summed E-state index contributed by atoms with van der Waals surface area (Å²) in [4.78, 5) is 21.5. The fourth-order valence-corrected chi connectivity index (χ4v) is 3.81. The van der Waals surface area contributed by atoms with Crippen LogP contribution in [0.25, 0.3) is 0 Å². The van der Waals surface area contributed by atoms with Crippen LogP contribution in [0.2, 0.25) is 5.02 Å². The van der Waals surface area contributed by atoms with Crippen molar-refractivity contribution in [3.05, 3.63) is 40.9 Å². The van der Waals surface area contributed by atoms with Gasteiger partial charge in [-0.15, -0.1) is 0 Å². The second kappa shape index (κ2) is 9.49. The summed E-state index contributed by atoms with van der Waals surface area (Å²) in [6.07, 6.45) is 0.687. The van der Waals surface area contributed by atoms with Crippen molar-refractivity contribution in [2.75, 3.05) is 7.05 Å². The van der Waals surface area contributed by atoms with Crippen molar-refractivity contribution >= 4 is 23.5 Å². The van der Waals surface area contributed by atoms with Crippen molar-refractivity contribution in [3.8, 4) is 5.75 Å². The van der Waals surface area contributed by atoms with E-state index in [4.69, 9.17) is 26.6 Å². The molecule has 2 unspecified atom stereocenters. The van der Waals surface area contributed by atoms with Gasteiger partial charge in [-0.25, -0.2) is 9.59 Å². The number of hydrogen-bond acceptors (Lipinski definition) is 4. The molecule has 2 fully saturated rings. The molecule has 0 radical (unpaired) electrons. The first-order chi connectivity index (χ1) is 13.5. The molecule has 2 aliphatic rings. The van der Waals surface area contributed by atoms with Gasteiger partial charge in [0.25, 0.3) is 0 Å². The zero-order valence-electron chi connectivity index (χ0n) is 15.5. The quantitative estimate of drug-likeness (QED) is 0.693. The fourth-order valence-electron chi connectivity index (χ4n) is 3.59. The molecule has 1 aromatic rings. The molecule has 1 aromatic carbocycles. The van der Waals surface area contributed by atoms with Crippen LogP contribution < -0.4 is 4.74 Å². The summed E-state index contributed by atoms with van der Waals surface area (Å²) in [6, 6.07) is 4.75. The van der Waals surface area contributed by atoms with Crippen molar-refractivity contribution in [3.63, 3.8) is 0 Å². The van der Waals surface area contributed by atoms with Gasteiger partial charge in [-0.2, -0.15) is 13.2 Å². The molecule has 10 heteroatoms. The zero-order chi connectivity index (χ0) is 21.8. The molecule has 0 amide bonds. The van der Waals surface area contributed by atoms with E-state index in [0.717, 1.165) is 31.7 Å². The van der Waals surface area contributed by atoms with Crippen LogP contribution in [-0.4, -0.2) is 52.3 Å². The number of aliphatic carboxylic acids is 2. The Balaban J connectivity index is 0.000000321. The number of ether oxygens (including phenoxy) is 1. The molecule has 160 valence electrons. The lowest BCUT2D eigenvalue weighted by molar-refractivity contribution is -0.137. The first-order valence-electron chi connectivity index (χ1n) is 8.86. The van der Waals surface area contributed by atoms with Gasteiger partial charge in [0.05, 0.1) is 10.6 Å². The molecule has 0 spiro atoms. The van der Waals surface area contributed by atoms with E-state index in [2.05, 4.69) is 11.9 Å². The molecule has 0 saturated carbocycles. The third-order valence-electron chi connectivity index (χ3n) is 4.97. The van der Waals surface area contributed by atoms with Gasteiger partial charge >= 0.3 is 18.1 Å². The third kappa shape index (κ3) is 6.64. The Bertz CT molecular complexity index is 754. The molecule has 2 saturated heterocycles. The first-order valence-corrected chi connectivity index (χ1v) is 9.24. The van der Waals surface area contributed by atoms with Crippen molar-refractivity contribution < 1.29 is 37.7 Å². The minimum Gasteiger partial charge on any atom is -0.490 e. The summed E-state index contributed by atoms with van der Waals surface area (Å²) in [5.74, 6) is -2.26. The summed E-state index contributed by atoms with van der Waals surface area (Å²) < 4.78 is 44.3. The fraction of sp³-hybridized carbons (Fsp3) is 0.474. The number of alkyl halides is 3. The van der Waals surface area contributed by atoms with Crippen LogP contribution in [0.1, 0.15) is 31.2 Å². The number of carboxylic acid groups (broad SMARTS) is 2. The van der Waals surface area contributed by atoms with E-state index in [0.29, 0.717) is 24.2 Å². The van der Waals surface area contributed by atoms with E-state index in [1.54, 1.807) is 0 Å². The number of hydrogen-bond donors (Lipinski definition) is 2. The molecule has 2 bridgehead atoms. The standard InChI is InChI=1S/C15H17ClF3NO.C4H4O4/c1-20-9-2-3-10(20)7-12(6-9)21-11-4-5-14(16)13(8-11)15(17,18)19;5-3(6)1-2-4(7)8/h4-5,8-10,12H,2-3,6-7H2,1H3;1-2H,(H,5,6)(H,7,8)/b;2-1+. The highest BCUT2D eigenvalue weighted by atomic mass is 35.5. The number of carboxylic acids is 2. The molecule has 0 aromatic heterocycles. The number of rotatable bonds is 4. The van der Waals surface area contributed by atoms with Crippen LogP contribution in [-0.2, 0) is 15.8 Å². The number of carbonyl (C=O) groups is 2. The largest absolute Gasteiger partial charge is 0.490 e. The van der Waals surface area contributed by atoms with E-state index in [1.165, 1.54) is 12.1 Å². The van der Waals surface area contributed by atoms with Gasteiger partial charge in [0.2, 0.25) is 0 Å². The number of fused-ring (bicyclic) bond motifs is 2. The smallest absolute Gasteiger partial charge is 0.417 e. The van der Waals surface area contributed by atoms with Gasteiger partial charge in [0, 0.05) is 24.2 Å². The second-order valence-corrected chi connectivity index (χ2v) is 7.32. The van der Waals surface area contributed by atoms with Crippen LogP contribution in [0.15, 0.2) is 30.4 Å². The average molecular weight is 436 g/mol. The summed E-state index contributed by atoms with van der Waals surface area (Å²) >= 11 is 5.62. The Labute approximate surface area is 170 Å². The maximum Gasteiger partial charge on any atom is 0.417 e. The zero-order valence-corrected chi connectivity index (χ0v) is 16.3. The average Bonchev–Trinajstić information content (AvgIpc) is 2.82. The molecule has 2 N–H and O–H groups in total.